The van der Waals surface area contributed by atoms with Gasteiger partial charge in [0.25, 0.3) is 5.56 Å². The number of anilines is 1. The number of amides is 1. The summed E-state index contributed by atoms with van der Waals surface area (Å²) in [7, 11) is 0. The number of benzene rings is 1. The third-order valence-corrected chi connectivity index (χ3v) is 6.03. The highest BCUT2D eigenvalue weighted by Gasteiger charge is 2.17. The average molecular weight is 440 g/mol. The van der Waals surface area contributed by atoms with Gasteiger partial charge >= 0.3 is 0 Å². The van der Waals surface area contributed by atoms with Gasteiger partial charge in [-0.2, -0.15) is 0 Å². The molecule has 1 saturated heterocycles. The van der Waals surface area contributed by atoms with Gasteiger partial charge in [-0.25, -0.2) is 9.97 Å². The Morgan fingerprint density at radius 1 is 1.23 bits per heavy atom. The number of H-pyrrole nitrogens is 1. The van der Waals surface area contributed by atoms with Crippen molar-refractivity contribution >= 4 is 23.2 Å². The minimum Gasteiger partial charge on any atom is -0.378 e. The molecule has 3 heterocycles. The highest BCUT2D eigenvalue weighted by Crippen LogP contribution is 2.21. The molecule has 2 N–H and O–H groups in total. The molecule has 1 aliphatic heterocycles. The predicted molar refractivity (Wildman–Crippen MR) is 120 cm³/mol. The highest BCUT2D eigenvalue weighted by atomic mass is 32.1. The molecular weight excluding hydrogens is 414 g/mol. The van der Waals surface area contributed by atoms with Gasteiger partial charge < -0.3 is 15.0 Å². The minimum atomic E-state index is -0.186. The largest absolute Gasteiger partial charge is 0.378 e. The van der Waals surface area contributed by atoms with E-state index >= 15 is 0 Å². The van der Waals surface area contributed by atoms with E-state index < -0.39 is 0 Å². The number of aromatic amines is 1. The van der Waals surface area contributed by atoms with Gasteiger partial charge in [0.1, 0.15) is 5.01 Å². The summed E-state index contributed by atoms with van der Waals surface area (Å²) in [5.41, 5.74) is 2.98. The normalized spacial score (nSPS) is 13.9. The smallest absolute Gasteiger partial charge is 0.255 e. The molecule has 3 aromatic rings. The van der Waals surface area contributed by atoms with Gasteiger partial charge in [-0.05, 0) is 13.3 Å². The first-order valence-electron chi connectivity index (χ1n) is 10.3. The second-order valence-corrected chi connectivity index (χ2v) is 8.26. The lowest BCUT2D eigenvalue weighted by Crippen LogP contribution is -2.38. The first-order chi connectivity index (χ1) is 15.1. The van der Waals surface area contributed by atoms with Crippen molar-refractivity contribution < 1.29 is 9.53 Å². The lowest BCUT2D eigenvalue weighted by molar-refractivity contribution is -0.121. The van der Waals surface area contributed by atoms with Crippen molar-refractivity contribution in [3.63, 3.8) is 0 Å². The van der Waals surface area contributed by atoms with Gasteiger partial charge in [0.15, 0.2) is 0 Å². The summed E-state index contributed by atoms with van der Waals surface area (Å²) in [5, 5.41) is 5.72. The number of nitrogens with one attached hydrogen (secondary N) is 2. The molecule has 1 amide bonds. The van der Waals surface area contributed by atoms with Crippen LogP contribution in [-0.2, 0) is 22.5 Å². The average Bonchev–Trinajstić information content (AvgIpc) is 3.27. The Morgan fingerprint density at radius 2 is 2.00 bits per heavy atom. The summed E-state index contributed by atoms with van der Waals surface area (Å²) in [6.45, 7) is 4.83. The summed E-state index contributed by atoms with van der Waals surface area (Å²) in [6, 6.07) is 9.94. The number of hydrogen-bond acceptors (Lipinski definition) is 7. The third kappa shape index (κ3) is 5.36. The summed E-state index contributed by atoms with van der Waals surface area (Å²) in [6.07, 6.45) is 0.565. The molecule has 0 unspecified atom stereocenters. The fraction of sp³-hybridized carbons (Fsp3) is 0.364. The SMILES string of the molecule is Cc1nc(N2CCOCC2)[nH]c(=O)c1CCC(=O)NCc1nc(-c2ccccc2)cs1. The number of carbonyl (C=O) groups is 1. The van der Waals surface area contributed by atoms with Crippen LogP contribution in [-0.4, -0.2) is 47.2 Å². The highest BCUT2D eigenvalue weighted by molar-refractivity contribution is 7.09. The molecule has 0 radical (unpaired) electrons. The van der Waals surface area contributed by atoms with Gasteiger partial charge in [-0.3, -0.25) is 14.6 Å². The Balaban J connectivity index is 1.31. The number of carbonyl (C=O) groups excluding carboxylic acids is 1. The lowest BCUT2D eigenvalue weighted by atomic mass is 10.1. The van der Waals surface area contributed by atoms with Crippen LogP contribution in [0, 0.1) is 6.92 Å². The molecule has 1 aromatic carbocycles. The zero-order chi connectivity index (χ0) is 21.6. The van der Waals surface area contributed by atoms with Crippen LogP contribution in [0.25, 0.3) is 11.3 Å². The fourth-order valence-corrected chi connectivity index (χ4v) is 4.19. The second kappa shape index (κ2) is 9.84. The molecule has 1 fully saturated rings. The number of aromatic nitrogens is 3. The Kier molecular flexibility index (Phi) is 6.73. The Morgan fingerprint density at radius 3 is 2.74 bits per heavy atom. The minimum absolute atomic E-state index is 0.118. The molecule has 2 aromatic heterocycles. The standard InChI is InChI=1S/C22H25N5O3S/c1-15-17(21(29)26-22(24-15)27-9-11-30-12-10-27)7-8-19(28)23-13-20-25-18(14-31-20)16-5-3-2-4-6-16/h2-6,14H,7-13H2,1H3,(H,23,28)(H,24,26,29). The molecule has 0 atom stereocenters. The van der Waals surface area contributed by atoms with Crippen LogP contribution < -0.4 is 15.8 Å². The van der Waals surface area contributed by atoms with Crippen molar-refractivity contribution in [2.24, 2.45) is 0 Å². The number of aryl methyl sites for hydroxylation is 1. The van der Waals surface area contributed by atoms with E-state index in [-0.39, 0.29) is 17.9 Å². The molecule has 4 rings (SSSR count). The first-order valence-corrected chi connectivity index (χ1v) is 11.2. The number of hydrogen-bond donors (Lipinski definition) is 2. The van der Waals surface area contributed by atoms with E-state index in [1.165, 1.54) is 11.3 Å². The van der Waals surface area contributed by atoms with Crippen molar-refractivity contribution in [3.05, 3.63) is 62.3 Å². The summed E-state index contributed by atoms with van der Waals surface area (Å²) in [4.78, 5) is 38.8. The maximum atomic E-state index is 12.5. The van der Waals surface area contributed by atoms with Crippen molar-refractivity contribution in [1.29, 1.82) is 0 Å². The predicted octanol–water partition coefficient (Wildman–Crippen LogP) is 2.29. The summed E-state index contributed by atoms with van der Waals surface area (Å²) < 4.78 is 5.34. The van der Waals surface area contributed by atoms with E-state index in [0.717, 1.165) is 16.3 Å². The van der Waals surface area contributed by atoms with Crippen LogP contribution >= 0.6 is 11.3 Å². The Hall–Kier alpha value is -3.04. The van der Waals surface area contributed by atoms with E-state index in [4.69, 9.17) is 4.74 Å². The zero-order valence-electron chi connectivity index (χ0n) is 17.4. The van der Waals surface area contributed by atoms with Crippen molar-refractivity contribution in [3.8, 4) is 11.3 Å². The molecule has 0 aliphatic carbocycles. The Labute approximate surface area is 184 Å². The summed E-state index contributed by atoms with van der Waals surface area (Å²) >= 11 is 1.52. The van der Waals surface area contributed by atoms with E-state index in [1.807, 2.05) is 47.5 Å². The van der Waals surface area contributed by atoms with Crippen LogP contribution in [0.3, 0.4) is 0 Å². The lowest BCUT2D eigenvalue weighted by Gasteiger charge is -2.27. The number of rotatable bonds is 7. The molecule has 0 spiro atoms. The second-order valence-electron chi connectivity index (χ2n) is 7.32. The van der Waals surface area contributed by atoms with Crippen LogP contribution in [0.15, 0.2) is 40.5 Å². The molecule has 8 nitrogen and oxygen atoms in total. The van der Waals surface area contributed by atoms with E-state index in [2.05, 4.69) is 20.3 Å². The fourth-order valence-electron chi connectivity index (χ4n) is 3.45. The van der Waals surface area contributed by atoms with Crippen LogP contribution in [0.5, 0.6) is 0 Å². The van der Waals surface area contributed by atoms with Crippen LogP contribution in [0.1, 0.15) is 22.7 Å². The first kappa shape index (κ1) is 21.2. The van der Waals surface area contributed by atoms with Crippen molar-refractivity contribution in [2.45, 2.75) is 26.3 Å². The number of ether oxygens (including phenoxy) is 1. The van der Waals surface area contributed by atoms with Crippen molar-refractivity contribution in [2.75, 3.05) is 31.2 Å². The van der Waals surface area contributed by atoms with Gasteiger partial charge in [-0.15, -0.1) is 11.3 Å². The molecule has 0 bridgehead atoms. The maximum Gasteiger partial charge on any atom is 0.255 e. The molecule has 162 valence electrons. The van der Waals surface area contributed by atoms with Crippen LogP contribution in [0.4, 0.5) is 5.95 Å². The Bertz CT molecular complexity index is 1090. The van der Waals surface area contributed by atoms with Gasteiger partial charge in [0.2, 0.25) is 11.9 Å². The van der Waals surface area contributed by atoms with Crippen LogP contribution in [0.2, 0.25) is 0 Å². The third-order valence-electron chi connectivity index (χ3n) is 5.18. The number of thiazole rings is 1. The van der Waals surface area contributed by atoms with E-state index in [9.17, 15) is 9.59 Å². The molecule has 9 heteroatoms. The monoisotopic (exact) mass is 439 g/mol. The van der Waals surface area contributed by atoms with Gasteiger partial charge in [0, 0.05) is 41.7 Å². The summed E-state index contributed by atoms with van der Waals surface area (Å²) in [5.74, 6) is 0.449. The molecule has 0 saturated carbocycles. The number of nitrogens with zero attached hydrogens (tertiary/aromatic N) is 3. The topological polar surface area (TPSA) is 100 Å². The van der Waals surface area contributed by atoms with E-state index in [0.29, 0.717) is 56.5 Å². The molecular formula is C22H25N5O3S. The number of morpholine rings is 1. The van der Waals surface area contributed by atoms with Crippen molar-refractivity contribution in [1.82, 2.24) is 20.3 Å². The maximum absolute atomic E-state index is 12.5. The van der Waals surface area contributed by atoms with Gasteiger partial charge in [0.05, 0.1) is 25.5 Å². The zero-order valence-corrected chi connectivity index (χ0v) is 18.2. The van der Waals surface area contributed by atoms with Gasteiger partial charge in [-0.1, -0.05) is 30.3 Å². The molecule has 1 aliphatic rings. The quantitative estimate of drug-likeness (QED) is 0.586. The van der Waals surface area contributed by atoms with E-state index in [1.54, 1.807) is 0 Å². The molecule has 31 heavy (non-hydrogen) atoms.